The molecule has 1 aromatic rings. The number of hydrogen-bond acceptors (Lipinski definition) is 4. The summed E-state index contributed by atoms with van der Waals surface area (Å²) in [6.45, 7) is 3.01. The van der Waals surface area contributed by atoms with Crippen LogP contribution in [0.25, 0.3) is 0 Å². The van der Waals surface area contributed by atoms with Crippen LogP contribution in [0.15, 0.2) is 12.5 Å². The van der Waals surface area contributed by atoms with Gasteiger partial charge in [0.1, 0.15) is 17.2 Å². The van der Waals surface area contributed by atoms with Crippen LogP contribution in [0.2, 0.25) is 5.02 Å². The van der Waals surface area contributed by atoms with Gasteiger partial charge >= 0.3 is 0 Å². The van der Waals surface area contributed by atoms with Crippen molar-refractivity contribution < 1.29 is 5.11 Å². The summed E-state index contributed by atoms with van der Waals surface area (Å²) >= 11 is 5.85. The highest BCUT2D eigenvalue weighted by Crippen LogP contribution is 2.16. The molecule has 1 unspecified atom stereocenters. The number of rotatable bonds is 5. The lowest BCUT2D eigenvalue weighted by molar-refractivity contribution is 0.266. The first kappa shape index (κ1) is 11.2. The predicted octanol–water partition coefficient (Wildman–Crippen LogP) is 1.56. The lowest BCUT2D eigenvalue weighted by atomic mass is 10.1. The Balaban J connectivity index is 2.41. The summed E-state index contributed by atoms with van der Waals surface area (Å²) in [6, 6.07) is 0. The van der Waals surface area contributed by atoms with Gasteiger partial charge in [0.25, 0.3) is 0 Å². The number of halogens is 1. The molecule has 2 N–H and O–H groups in total. The Morgan fingerprint density at radius 2 is 2.43 bits per heavy atom. The third kappa shape index (κ3) is 3.47. The lowest BCUT2D eigenvalue weighted by Gasteiger charge is -2.11. The van der Waals surface area contributed by atoms with E-state index >= 15 is 0 Å². The van der Waals surface area contributed by atoms with Gasteiger partial charge in [0.15, 0.2) is 0 Å². The fraction of sp³-hybridized carbons (Fsp3) is 0.556. The fourth-order valence-corrected chi connectivity index (χ4v) is 1.21. The second kappa shape index (κ2) is 5.78. The summed E-state index contributed by atoms with van der Waals surface area (Å²) in [4.78, 5) is 7.78. The average Bonchev–Trinajstić information content (AvgIpc) is 2.17. The number of nitrogens with one attached hydrogen (secondary N) is 1. The zero-order valence-electron chi connectivity index (χ0n) is 8.07. The lowest BCUT2D eigenvalue weighted by Crippen LogP contribution is -2.13. The third-order valence-electron chi connectivity index (χ3n) is 1.91. The highest BCUT2D eigenvalue weighted by Gasteiger charge is 2.04. The third-order valence-corrected chi connectivity index (χ3v) is 2.18. The van der Waals surface area contributed by atoms with Gasteiger partial charge in [-0.15, -0.1) is 0 Å². The highest BCUT2D eigenvalue weighted by molar-refractivity contribution is 6.32. The summed E-state index contributed by atoms with van der Waals surface area (Å²) in [5, 5.41) is 12.3. The first-order valence-electron chi connectivity index (χ1n) is 4.54. The Labute approximate surface area is 88.3 Å². The molecular weight excluding hydrogens is 202 g/mol. The Bertz CT molecular complexity index is 283. The van der Waals surface area contributed by atoms with E-state index in [9.17, 15) is 0 Å². The largest absolute Gasteiger partial charge is 0.396 e. The van der Waals surface area contributed by atoms with Gasteiger partial charge in [0.05, 0.1) is 6.20 Å². The molecule has 0 aliphatic rings. The first-order chi connectivity index (χ1) is 6.74. The molecule has 0 saturated heterocycles. The van der Waals surface area contributed by atoms with Crippen LogP contribution in [0.3, 0.4) is 0 Å². The molecule has 0 amide bonds. The minimum Gasteiger partial charge on any atom is -0.396 e. The van der Waals surface area contributed by atoms with Crippen LogP contribution in [0.1, 0.15) is 13.3 Å². The van der Waals surface area contributed by atoms with Gasteiger partial charge in [-0.2, -0.15) is 0 Å². The number of aromatic nitrogens is 2. The van der Waals surface area contributed by atoms with Crippen molar-refractivity contribution in [3.63, 3.8) is 0 Å². The van der Waals surface area contributed by atoms with Crippen LogP contribution >= 0.6 is 11.6 Å². The van der Waals surface area contributed by atoms with Crippen LogP contribution in [-0.4, -0.2) is 28.2 Å². The molecule has 5 heteroatoms. The molecule has 0 spiro atoms. The minimum absolute atomic E-state index is 0.209. The molecule has 1 rings (SSSR count). The summed E-state index contributed by atoms with van der Waals surface area (Å²) < 4.78 is 0. The number of nitrogens with zero attached hydrogens (tertiary/aromatic N) is 2. The van der Waals surface area contributed by atoms with E-state index in [4.69, 9.17) is 16.7 Å². The molecule has 0 aliphatic heterocycles. The van der Waals surface area contributed by atoms with Crippen molar-refractivity contribution in [3.8, 4) is 0 Å². The van der Waals surface area contributed by atoms with E-state index < -0.39 is 0 Å². The van der Waals surface area contributed by atoms with Crippen LogP contribution in [0.5, 0.6) is 0 Å². The van der Waals surface area contributed by atoms with Gasteiger partial charge in [-0.25, -0.2) is 9.97 Å². The summed E-state index contributed by atoms with van der Waals surface area (Å²) in [5.41, 5.74) is 0. The molecule has 0 fully saturated rings. The summed E-state index contributed by atoms with van der Waals surface area (Å²) in [5.74, 6) is 1.04. The summed E-state index contributed by atoms with van der Waals surface area (Å²) in [6.07, 6.45) is 3.77. The SMILES string of the molecule is CC(CCO)CNc1ncncc1Cl. The number of aliphatic hydroxyl groups excluding tert-OH is 1. The quantitative estimate of drug-likeness (QED) is 0.783. The van der Waals surface area contributed by atoms with E-state index in [-0.39, 0.29) is 6.61 Å². The van der Waals surface area contributed by atoms with Gasteiger partial charge in [0.2, 0.25) is 0 Å². The molecule has 1 heterocycles. The predicted molar refractivity (Wildman–Crippen MR) is 56.4 cm³/mol. The minimum atomic E-state index is 0.209. The number of hydrogen-bond donors (Lipinski definition) is 2. The fourth-order valence-electron chi connectivity index (χ4n) is 1.04. The van der Waals surface area contributed by atoms with E-state index in [2.05, 4.69) is 22.2 Å². The Kier molecular flexibility index (Phi) is 4.62. The first-order valence-corrected chi connectivity index (χ1v) is 4.92. The average molecular weight is 216 g/mol. The number of aliphatic hydroxyl groups is 1. The normalized spacial score (nSPS) is 12.5. The zero-order valence-corrected chi connectivity index (χ0v) is 8.83. The Morgan fingerprint density at radius 3 is 3.07 bits per heavy atom. The maximum atomic E-state index is 8.71. The highest BCUT2D eigenvalue weighted by atomic mass is 35.5. The van der Waals surface area contributed by atoms with Gasteiger partial charge in [0, 0.05) is 13.2 Å². The Morgan fingerprint density at radius 1 is 1.64 bits per heavy atom. The molecule has 0 saturated carbocycles. The second-order valence-electron chi connectivity index (χ2n) is 3.22. The molecule has 1 aromatic heterocycles. The van der Waals surface area contributed by atoms with Crippen molar-refractivity contribution in [1.82, 2.24) is 9.97 Å². The van der Waals surface area contributed by atoms with Crippen LogP contribution in [0.4, 0.5) is 5.82 Å². The van der Waals surface area contributed by atoms with Crippen LogP contribution < -0.4 is 5.32 Å². The van der Waals surface area contributed by atoms with E-state index in [1.54, 1.807) is 6.20 Å². The van der Waals surface area contributed by atoms with Gasteiger partial charge in [-0.05, 0) is 12.3 Å². The molecule has 1 atom stereocenters. The van der Waals surface area contributed by atoms with E-state index in [0.717, 1.165) is 13.0 Å². The van der Waals surface area contributed by atoms with Crippen molar-refractivity contribution in [2.45, 2.75) is 13.3 Å². The van der Waals surface area contributed by atoms with Crippen molar-refractivity contribution >= 4 is 17.4 Å². The van der Waals surface area contributed by atoms with Gasteiger partial charge in [-0.3, -0.25) is 0 Å². The molecule has 0 bridgehead atoms. The van der Waals surface area contributed by atoms with Crippen molar-refractivity contribution in [1.29, 1.82) is 0 Å². The maximum absolute atomic E-state index is 8.71. The topological polar surface area (TPSA) is 58.0 Å². The van der Waals surface area contributed by atoms with Gasteiger partial charge < -0.3 is 10.4 Å². The van der Waals surface area contributed by atoms with Gasteiger partial charge in [-0.1, -0.05) is 18.5 Å². The van der Waals surface area contributed by atoms with E-state index in [1.807, 2.05) is 0 Å². The van der Waals surface area contributed by atoms with Crippen molar-refractivity contribution in [2.24, 2.45) is 5.92 Å². The Hall–Kier alpha value is -0.870. The van der Waals surface area contributed by atoms with E-state index in [1.165, 1.54) is 6.33 Å². The molecule has 78 valence electrons. The standard InChI is InChI=1S/C9H14ClN3O/c1-7(2-3-14)4-12-9-8(10)5-11-6-13-9/h5-7,14H,2-4H2,1H3,(H,11,12,13). The maximum Gasteiger partial charge on any atom is 0.148 e. The zero-order chi connectivity index (χ0) is 10.4. The monoisotopic (exact) mass is 215 g/mol. The molecular formula is C9H14ClN3O. The van der Waals surface area contributed by atoms with Crippen LogP contribution in [-0.2, 0) is 0 Å². The summed E-state index contributed by atoms with van der Waals surface area (Å²) in [7, 11) is 0. The smallest absolute Gasteiger partial charge is 0.148 e. The second-order valence-corrected chi connectivity index (χ2v) is 3.62. The molecule has 0 aliphatic carbocycles. The molecule has 4 nitrogen and oxygen atoms in total. The molecule has 14 heavy (non-hydrogen) atoms. The van der Waals surface area contributed by atoms with Crippen molar-refractivity contribution in [2.75, 3.05) is 18.5 Å². The van der Waals surface area contributed by atoms with Crippen LogP contribution in [0, 0.1) is 5.92 Å². The number of anilines is 1. The molecule has 0 radical (unpaired) electrons. The van der Waals surface area contributed by atoms with Crippen molar-refractivity contribution in [3.05, 3.63) is 17.5 Å². The molecule has 0 aromatic carbocycles. The van der Waals surface area contributed by atoms with E-state index in [0.29, 0.717) is 16.8 Å².